The number of carbonyl (C=O) groups is 4. The molecule has 0 fully saturated rings. The molecule has 8 heteroatoms. The van der Waals surface area contributed by atoms with Gasteiger partial charge in [0.25, 0.3) is 0 Å². The largest absolute Gasteiger partial charge is 0.481 e. The Morgan fingerprint density at radius 3 is 1.26 bits per heavy atom. The Balaban J connectivity index is -0.000000219. The Morgan fingerprint density at radius 1 is 0.947 bits per heavy atom. The van der Waals surface area contributed by atoms with Crippen LogP contribution in [0.5, 0.6) is 0 Å². The summed E-state index contributed by atoms with van der Waals surface area (Å²) in [6.45, 7) is 9.19. The van der Waals surface area contributed by atoms with Crippen molar-refractivity contribution in [2.24, 2.45) is 11.5 Å². The zero-order valence-corrected chi connectivity index (χ0v) is 10.2. The van der Waals surface area contributed by atoms with E-state index in [1.54, 1.807) is 0 Å². The van der Waals surface area contributed by atoms with Gasteiger partial charge in [-0.05, 0) is 12.2 Å². The standard InChI is InChI=1S/C5H6O4.2C3H5NO/c1-3(5(8)9)2-4(6)7;2*1-2-3(4)5/h1-2H2,(H,6,7)(H,8,9);2*2H,1H2,(H2,4,5). The lowest BCUT2D eigenvalue weighted by atomic mass is 10.2. The zero-order chi connectivity index (χ0) is 16.0. The fourth-order valence-electron chi connectivity index (χ4n) is 0.258. The molecule has 0 rings (SSSR count). The van der Waals surface area contributed by atoms with Crippen molar-refractivity contribution in [3.63, 3.8) is 0 Å². The van der Waals surface area contributed by atoms with Crippen molar-refractivity contribution in [2.75, 3.05) is 0 Å². The van der Waals surface area contributed by atoms with Crippen LogP contribution in [0.2, 0.25) is 0 Å². The van der Waals surface area contributed by atoms with E-state index in [2.05, 4.69) is 31.2 Å². The van der Waals surface area contributed by atoms with Crippen LogP contribution < -0.4 is 11.5 Å². The van der Waals surface area contributed by atoms with E-state index >= 15 is 0 Å². The second-order valence-corrected chi connectivity index (χ2v) is 2.69. The second-order valence-electron chi connectivity index (χ2n) is 2.69. The van der Waals surface area contributed by atoms with Gasteiger partial charge in [-0.15, -0.1) is 0 Å². The zero-order valence-electron chi connectivity index (χ0n) is 10.2. The maximum atomic E-state index is 9.87. The molecular weight excluding hydrogens is 256 g/mol. The summed E-state index contributed by atoms with van der Waals surface area (Å²) in [5, 5.41) is 16.1. The van der Waals surface area contributed by atoms with Gasteiger partial charge in [0.05, 0.1) is 6.42 Å². The van der Waals surface area contributed by atoms with Crippen molar-refractivity contribution >= 4 is 23.8 Å². The normalized spacial score (nSPS) is 7.37. The molecule has 0 radical (unpaired) electrons. The van der Waals surface area contributed by atoms with Gasteiger partial charge in [0.1, 0.15) is 0 Å². The molecule has 0 aromatic heterocycles. The van der Waals surface area contributed by atoms with E-state index in [1.807, 2.05) is 0 Å². The van der Waals surface area contributed by atoms with E-state index in [4.69, 9.17) is 10.2 Å². The molecule has 0 aromatic carbocycles. The molecule has 0 heterocycles. The molecule has 19 heavy (non-hydrogen) atoms. The summed E-state index contributed by atoms with van der Waals surface area (Å²) in [5.74, 6) is -3.41. The number of nitrogens with two attached hydrogens (primary N) is 2. The van der Waals surface area contributed by atoms with Crippen molar-refractivity contribution in [1.82, 2.24) is 0 Å². The fourth-order valence-corrected chi connectivity index (χ4v) is 0.258. The first-order valence-electron chi connectivity index (χ1n) is 4.55. The Hall–Kier alpha value is -2.90. The highest BCUT2D eigenvalue weighted by atomic mass is 16.4. The maximum absolute atomic E-state index is 9.87. The smallest absolute Gasteiger partial charge is 0.331 e. The average molecular weight is 272 g/mol. The number of carboxylic acids is 2. The van der Waals surface area contributed by atoms with E-state index in [9.17, 15) is 19.2 Å². The highest BCUT2D eigenvalue weighted by molar-refractivity contribution is 5.91. The number of primary amides is 2. The molecule has 0 aliphatic carbocycles. The SMILES string of the molecule is C=C(CC(=O)O)C(=O)O.C=CC(N)=O.C=CC(N)=O. The lowest BCUT2D eigenvalue weighted by Gasteiger charge is -1.91. The van der Waals surface area contributed by atoms with Gasteiger partial charge in [-0.25, -0.2) is 4.79 Å². The summed E-state index contributed by atoms with van der Waals surface area (Å²) in [5.41, 5.74) is 8.77. The van der Waals surface area contributed by atoms with E-state index in [-0.39, 0.29) is 5.57 Å². The van der Waals surface area contributed by atoms with E-state index in [0.717, 1.165) is 12.2 Å². The summed E-state index contributed by atoms with van der Waals surface area (Å²) in [6, 6.07) is 0. The lowest BCUT2D eigenvalue weighted by Crippen LogP contribution is -2.04. The maximum Gasteiger partial charge on any atom is 0.331 e. The number of hydrogen-bond acceptors (Lipinski definition) is 4. The van der Waals surface area contributed by atoms with Crippen LogP contribution in [0.4, 0.5) is 0 Å². The van der Waals surface area contributed by atoms with E-state index < -0.39 is 30.2 Å². The van der Waals surface area contributed by atoms with Crippen LogP contribution in [0.1, 0.15) is 6.42 Å². The molecule has 0 aliphatic heterocycles. The molecule has 6 N–H and O–H groups in total. The lowest BCUT2D eigenvalue weighted by molar-refractivity contribution is -0.139. The molecule has 0 bridgehead atoms. The van der Waals surface area contributed by atoms with Gasteiger partial charge in [-0.3, -0.25) is 14.4 Å². The predicted octanol–water partition coefficient (Wildman–Crippen LogP) is -0.583. The summed E-state index contributed by atoms with van der Waals surface area (Å²) >= 11 is 0. The second kappa shape index (κ2) is 13.2. The van der Waals surface area contributed by atoms with Crippen LogP contribution in [0.25, 0.3) is 0 Å². The van der Waals surface area contributed by atoms with Crippen LogP contribution in [0.15, 0.2) is 37.5 Å². The molecule has 8 nitrogen and oxygen atoms in total. The molecule has 0 spiro atoms. The Morgan fingerprint density at radius 2 is 1.21 bits per heavy atom. The van der Waals surface area contributed by atoms with Gasteiger partial charge in [0.15, 0.2) is 0 Å². The molecule has 0 saturated heterocycles. The summed E-state index contributed by atoms with van der Waals surface area (Å²) in [7, 11) is 0. The monoisotopic (exact) mass is 272 g/mol. The van der Waals surface area contributed by atoms with Crippen molar-refractivity contribution in [2.45, 2.75) is 6.42 Å². The minimum Gasteiger partial charge on any atom is -0.481 e. The highest BCUT2D eigenvalue weighted by Gasteiger charge is 2.07. The molecule has 0 saturated carbocycles. The highest BCUT2D eigenvalue weighted by Crippen LogP contribution is 1.95. The quantitative estimate of drug-likeness (QED) is 0.489. The summed E-state index contributed by atoms with van der Waals surface area (Å²) in [6.07, 6.45) is 1.61. The predicted molar refractivity (Wildman–Crippen MR) is 67.8 cm³/mol. The minimum atomic E-state index is -1.27. The van der Waals surface area contributed by atoms with Crippen molar-refractivity contribution in [1.29, 1.82) is 0 Å². The van der Waals surface area contributed by atoms with Gasteiger partial charge in [0, 0.05) is 5.57 Å². The Kier molecular flexibility index (Phi) is 14.8. The number of carbonyl (C=O) groups excluding carboxylic acids is 2. The number of aliphatic carboxylic acids is 2. The van der Waals surface area contributed by atoms with Gasteiger partial charge in [-0.1, -0.05) is 19.7 Å². The first-order chi connectivity index (χ1) is 8.58. The van der Waals surface area contributed by atoms with Crippen LogP contribution in [-0.2, 0) is 19.2 Å². The van der Waals surface area contributed by atoms with Gasteiger partial charge >= 0.3 is 11.9 Å². The van der Waals surface area contributed by atoms with Crippen LogP contribution in [-0.4, -0.2) is 34.0 Å². The molecular formula is C11H16N2O6. The molecule has 0 aromatic rings. The third kappa shape index (κ3) is 31.3. The van der Waals surface area contributed by atoms with Crippen LogP contribution in [0, 0.1) is 0 Å². The fraction of sp³-hybridized carbons (Fsp3) is 0.0909. The summed E-state index contributed by atoms with van der Waals surface area (Å²) in [4.78, 5) is 38.6. The van der Waals surface area contributed by atoms with Crippen LogP contribution in [0.3, 0.4) is 0 Å². The molecule has 0 unspecified atom stereocenters. The number of hydrogen-bond donors (Lipinski definition) is 4. The number of rotatable bonds is 5. The van der Waals surface area contributed by atoms with E-state index in [0.29, 0.717) is 0 Å². The Bertz CT molecular complexity index is 369. The van der Waals surface area contributed by atoms with Gasteiger partial charge in [0.2, 0.25) is 11.8 Å². The summed E-state index contributed by atoms with van der Waals surface area (Å²) < 4.78 is 0. The third-order valence-corrected chi connectivity index (χ3v) is 1.07. The van der Waals surface area contributed by atoms with Gasteiger partial charge in [-0.2, -0.15) is 0 Å². The van der Waals surface area contributed by atoms with Gasteiger partial charge < -0.3 is 21.7 Å². The average Bonchev–Trinajstić information content (AvgIpc) is 2.29. The van der Waals surface area contributed by atoms with Crippen molar-refractivity contribution in [3.05, 3.63) is 37.5 Å². The first kappa shape index (κ1) is 21.4. The van der Waals surface area contributed by atoms with Crippen LogP contribution >= 0.6 is 0 Å². The number of amides is 2. The molecule has 0 atom stereocenters. The van der Waals surface area contributed by atoms with Crippen molar-refractivity contribution in [3.8, 4) is 0 Å². The van der Waals surface area contributed by atoms with Crippen molar-refractivity contribution < 1.29 is 29.4 Å². The third-order valence-electron chi connectivity index (χ3n) is 1.07. The van der Waals surface area contributed by atoms with E-state index in [1.165, 1.54) is 0 Å². The minimum absolute atomic E-state index is 0.303. The topological polar surface area (TPSA) is 161 Å². The first-order valence-corrected chi connectivity index (χ1v) is 4.55. The molecule has 2 amide bonds. The molecule has 106 valence electrons. The molecule has 0 aliphatic rings. The Labute approximate surface area is 109 Å². The number of carboxylic acid groups (broad SMARTS) is 2.